The van der Waals surface area contributed by atoms with Gasteiger partial charge >= 0.3 is 12.1 Å². The van der Waals surface area contributed by atoms with Crippen molar-refractivity contribution in [1.82, 2.24) is 25.3 Å². The number of amides is 3. The minimum absolute atomic E-state index is 0.0264. The fourth-order valence-electron chi connectivity index (χ4n) is 11.3. The molecule has 2 aliphatic carbocycles. The van der Waals surface area contributed by atoms with Crippen molar-refractivity contribution in [3.05, 3.63) is 95.3 Å². The second-order valence-corrected chi connectivity index (χ2v) is 24.1. The molecule has 82 heavy (non-hydrogen) atoms. The third-order valence-corrected chi connectivity index (χ3v) is 15.8. The Balaban J connectivity index is 0.000000373. The third kappa shape index (κ3) is 20.7. The van der Waals surface area contributed by atoms with E-state index in [4.69, 9.17) is 18.9 Å². The molecule has 2 fully saturated rings. The number of aldehydes is 2. The Bertz CT molecular complexity index is 2370. The van der Waals surface area contributed by atoms with Gasteiger partial charge in [0.2, 0.25) is 12.3 Å². The number of nitrogens with zero attached hydrogens (tertiary/aromatic N) is 3. The fraction of sp³-hybridized carbons (Fsp3) is 0.636. The summed E-state index contributed by atoms with van der Waals surface area (Å²) >= 11 is 0. The standard InChI is InChI=1S/C21H23NO3.C16H32N2O3.C14H18FNO3.C12H23NO.C3H8/c1-14(2)20(12-23)22(3)21(24)25-13-19-17-10-6-4-8-15(17)16-9-5-7-11-18(16)19;1-8-12(4)15(13(21-7)9-10-19)18(6)16(20)14(17-5)11(2)3;1-14(2,3)19-13(18)12(16-9-17)8-10-6-4-5-7-11(10)15;1-7(2)12(14-5)10-6-9-8(3)11(9)13(10)4;1-3-2/h4-12,14,19-20H,13H2,1-3H3;10-15,17H,8-9H2,1-7H3;4-7,9,12H,8H2,1-3H3,(H,16,17);7-12H,6H2,1-5H3;3H2,1-2H3/t;12?,13?,14-,15?;;;/m.0.../s1. The number of likely N-dealkylation sites (N-methyl/N-ethyl adjacent to an activating group) is 4. The molecule has 11 atom stereocenters. The molecule has 1 saturated carbocycles. The zero-order chi connectivity index (χ0) is 62.2. The van der Waals surface area contributed by atoms with Crippen LogP contribution in [0.2, 0.25) is 0 Å². The first-order valence-electron chi connectivity index (χ1n) is 29.6. The van der Waals surface area contributed by atoms with Crippen molar-refractivity contribution < 1.29 is 52.1 Å². The fourth-order valence-corrected chi connectivity index (χ4v) is 11.3. The highest BCUT2D eigenvalue weighted by atomic mass is 19.1. The predicted molar refractivity (Wildman–Crippen MR) is 326 cm³/mol. The summed E-state index contributed by atoms with van der Waals surface area (Å²) < 4.78 is 35.4. The molecule has 10 unspecified atom stereocenters. The van der Waals surface area contributed by atoms with Crippen molar-refractivity contribution in [1.29, 1.82) is 0 Å². The molecule has 0 aromatic heterocycles. The van der Waals surface area contributed by atoms with Gasteiger partial charge in [0.05, 0.1) is 30.3 Å². The average Bonchev–Trinajstić information content (AvgIpc) is 3.32. The molecule has 3 aromatic rings. The quantitative estimate of drug-likeness (QED) is 0.0681. The number of fused-ring (bicyclic) bond motifs is 4. The molecule has 15 nitrogen and oxygen atoms in total. The van der Waals surface area contributed by atoms with Gasteiger partial charge in [0, 0.05) is 59.2 Å². The van der Waals surface area contributed by atoms with Crippen molar-refractivity contribution >= 4 is 37.0 Å². The maximum atomic E-state index is 13.5. The van der Waals surface area contributed by atoms with E-state index in [1.807, 2.05) is 66.1 Å². The molecule has 460 valence electrons. The minimum Gasteiger partial charge on any atom is -0.458 e. The molecule has 3 amide bonds. The summed E-state index contributed by atoms with van der Waals surface area (Å²) in [5.74, 6) is 2.10. The zero-order valence-electron chi connectivity index (χ0n) is 53.4. The van der Waals surface area contributed by atoms with Crippen LogP contribution in [0.5, 0.6) is 0 Å². The highest BCUT2D eigenvalue weighted by Crippen LogP contribution is 2.53. The van der Waals surface area contributed by atoms with Crippen LogP contribution >= 0.6 is 0 Å². The van der Waals surface area contributed by atoms with Gasteiger partial charge in [0.1, 0.15) is 36.6 Å². The number of likely N-dealkylation sites (tertiary alicyclic amines) is 1. The van der Waals surface area contributed by atoms with Gasteiger partial charge in [0.15, 0.2) is 0 Å². The molecule has 2 N–H and O–H groups in total. The monoisotopic (exact) mass is 1150 g/mol. The summed E-state index contributed by atoms with van der Waals surface area (Å²) in [6.45, 7) is 28.6. The molecule has 3 aromatic carbocycles. The second kappa shape index (κ2) is 35.6. The van der Waals surface area contributed by atoms with Crippen LogP contribution in [0.1, 0.15) is 145 Å². The van der Waals surface area contributed by atoms with Crippen molar-refractivity contribution in [2.75, 3.05) is 49.0 Å². The molecule has 16 heteroatoms. The number of halogens is 1. The van der Waals surface area contributed by atoms with E-state index in [0.29, 0.717) is 36.5 Å². The summed E-state index contributed by atoms with van der Waals surface area (Å²) in [4.78, 5) is 75.4. The Morgan fingerprint density at radius 2 is 1.35 bits per heavy atom. The molecule has 1 heterocycles. The number of benzene rings is 3. The number of nitrogens with one attached hydrogen (secondary N) is 2. The smallest absolute Gasteiger partial charge is 0.410 e. The molecule has 3 aliphatic rings. The highest BCUT2D eigenvalue weighted by molar-refractivity contribution is 5.82. The van der Waals surface area contributed by atoms with E-state index >= 15 is 0 Å². The third-order valence-electron chi connectivity index (χ3n) is 15.8. The van der Waals surface area contributed by atoms with E-state index in [0.717, 1.165) is 36.9 Å². The lowest BCUT2D eigenvalue weighted by atomic mass is 9.90. The Morgan fingerprint density at radius 3 is 1.77 bits per heavy atom. The van der Waals surface area contributed by atoms with Gasteiger partial charge in [-0.05, 0) is 111 Å². The Hall–Kier alpha value is -5.55. The number of esters is 1. The van der Waals surface area contributed by atoms with E-state index < -0.39 is 35.6 Å². The molecule has 0 bridgehead atoms. The van der Waals surface area contributed by atoms with Crippen molar-refractivity contribution in [3.8, 4) is 11.1 Å². The van der Waals surface area contributed by atoms with Gasteiger partial charge in [-0.15, -0.1) is 0 Å². The number of piperidine rings is 1. The van der Waals surface area contributed by atoms with Gasteiger partial charge in [-0.2, -0.15) is 0 Å². The largest absolute Gasteiger partial charge is 0.458 e. The van der Waals surface area contributed by atoms with Crippen LogP contribution in [0.25, 0.3) is 11.1 Å². The number of rotatable bonds is 23. The van der Waals surface area contributed by atoms with Gasteiger partial charge < -0.3 is 49.0 Å². The van der Waals surface area contributed by atoms with Crippen molar-refractivity contribution in [3.63, 3.8) is 0 Å². The van der Waals surface area contributed by atoms with E-state index in [1.165, 1.54) is 46.1 Å². The van der Waals surface area contributed by atoms with Crippen LogP contribution in [-0.4, -0.2) is 155 Å². The minimum atomic E-state index is -0.895. The van der Waals surface area contributed by atoms with Crippen LogP contribution in [0.4, 0.5) is 9.18 Å². The Morgan fingerprint density at radius 1 is 0.805 bits per heavy atom. The number of hydrogen-bond donors (Lipinski definition) is 2. The van der Waals surface area contributed by atoms with E-state index in [2.05, 4.69) is 95.3 Å². The summed E-state index contributed by atoms with van der Waals surface area (Å²) in [5, 5.41) is 5.44. The topological polar surface area (TPSA) is 173 Å². The summed E-state index contributed by atoms with van der Waals surface area (Å²) in [6.07, 6.45) is 5.63. The van der Waals surface area contributed by atoms with Crippen LogP contribution in [0, 0.1) is 41.3 Å². The first kappa shape index (κ1) is 72.6. The lowest BCUT2D eigenvalue weighted by molar-refractivity contribution is -0.158. The van der Waals surface area contributed by atoms with E-state index in [9.17, 15) is 33.2 Å². The number of carbonyl (C=O) groups is 6. The van der Waals surface area contributed by atoms with Gasteiger partial charge in [-0.3, -0.25) is 14.5 Å². The van der Waals surface area contributed by atoms with Crippen LogP contribution < -0.4 is 10.6 Å². The first-order valence-corrected chi connectivity index (χ1v) is 29.6. The molecule has 0 spiro atoms. The van der Waals surface area contributed by atoms with Crippen molar-refractivity contribution in [2.24, 2.45) is 35.5 Å². The number of hydrogen-bond acceptors (Lipinski definition) is 12. The van der Waals surface area contributed by atoms with E-state index in [1.54, 1.807) is 65.1 Å². The van der Waals surface area contributed by atoms with Gasteiger partial charge in [0.25, 0.3) is 0 Å². The Kier molecular flexibility index (Phi) is 31.5. The molecular weight excluding hydrogens is 1040 g/mol. The molecule has 6 rings (SSSR count). The van der Waals surface area contributed by atoms with Crippen LogP contribution in [0.3, 0.4) is 0 Å². The SMILES string of the molecule is CC(C)(C)OC(=O)C(Cc1ccccc1F)NC=O.CC(C)C(C=O)N(C)C(=O)OCC1c2ccccc2-c2ccccc21.CCC.CCC(C)C(C(CC=O)OC)N(C)C(=O)[C@@H](NC)C(C)C.COC(C(C)C)C1CC2C(C)C2N1C. The maximum absolute atomic E-state index is 13.5. The predicted octanol–water partition coefficient (Wildman–Crippen LogP) is 11.0. The first-order chi connectivity index (χ1) is 38.7. The normalized spacial score (nSPS) is 19.3. The maximum Gasteiger partial charge on any atom is 0.410 e. The van der Waals surface area contributed by atoms with Crippen LogP contribution in [-0.2, 0) is 49.3 Å². The molecule has 0 radical (unpaired) electrons. The number of carbonyl (C=O) groups excluding carboxylic acids is 6. The molecule has 1 saturated heterocycles. The number of ether oxygens (including phenoxy) is 4. The van der Waals surface area contributed by atoms with Crippen LogP contribution in [0.15, 0.2) is 72.8 Å². The Labute approximate surface area is 492 Å². The average molecular weight is 1150 g/mol. The van der Waals surface area contributed by atoms with Crippen molar-refractivity contribution in [2.45, 2.75) is 189 Å². The van der Waals surface area contributed by atoms with Gasteiger partial charge in [-0.1, -0.05) is 156 Å². The van der Waals surface area contributed by atoms with Gasteiger partial charge in [-0.25, -0.2) is 14.0 Å². The lowest BCUT2D eigenvalue weighted by Gasteiger charge is -2.39. The molecule has 1 aliphatic heterocycles. The highest BCUT2D eigenvalue weighted by Gasteiger charge is 2.58. The van der Waals surface area contributed by atoms with E-state index in [-0.39, 0.29) is 60.8 Å². The summed E-state index contributed by atoms with van der Waals surface area (Å²) in [6, 6.07) is 22.4. The zero-order valence-corrected chi connectivity index (χ0v) is 53.4. The second-order valence-electron chi connectivity index (χ2n) is 24.1. The summed E-state index contributed by atoms with van der Waals surface area (Å²) in [5.41, 5.74) is 4.44. The summed E-state index contributed by atoms with van der Waals surface area (Å²) in [7, 11) is 10.9. The number of methoxy groups -OCH3 is 2. The lowest BCUT2D eigenvalue weighted by Crippen LogP contribution is -2.55. The molecular formula is C66H104FN5O10.